The molecule has 1 amide bonds. The Morgan fingerprint density at radius 1 is 1.08 bits per heavy atom. The number of nitrogens with zero attached hydrogens (tertiary/aromatic N) is 1. The van der Waals surface area contributed by atoms with Crippen LogP contribution in [0.5, 0.6) is 0 Å². The van der Waals surface area contributed by atoms with Crippen molar-refractivity contribution in [2.45, 2.75) is 40.2 Å². The Bertz CT molecular complexity index is 236. The molecule has 0 rings (SSSR count). The molecule has 0 atom stereocenters. The minimum Gasteiger partial charge on any atom is -0.387 e. The van der Waals surface area contributed by atoms with Gasteiger partial charge in [-0.25, -0.2) is 0 Å². The number of carbonyl (C=O) groups is 1. The zero-order valence-corrected chi connectivity index (χ0v) is 9.01. The average molecular weight is 185 g/mol. The van der Waals surface area contributed by atoms with E-state index in [9.17, 15) is 4.79 Å². The molecule has 0 bridgehead atoms. The second-order valence-electron chi connectivity index (χ2n) is 4.67. The van der Waals surface area contributed by atoms with Crippen LogP contribution >= 0.6 is 0 Å². The van der Waals surface area contributed by atoms with Gasteiger partial charge in [-0.2, -0.15) is 0 Å². The quantitative estimate of drug-likeness (QED) is 0.489. The number of aliphatic imine (C=N–C) groups is 1. The van der Waals surface area contributed by atoms with Crippen LogP contribution in [0.4, 0.5) is 0 Å². The van der Waals surface area contributed by atoms with Crippen LogP contribution in [-0.2, 0) is 4.79 Å². The summed E-state index contributed by atoms with van der Waals surface area (Å²) in [6.45, 7) is 9.09. The van der Waals surface area contributed by atoms with Crippen molar-refractivity contribution >= 4 is 11.7 Å². The van der Waals surface area contributed by atoms with Crippen LogP contribution < -0.4 is 11.5 Å². The zero-order valence-electron chi connectivity index (χ0n) is 9.01. The molecule has 0 aromatic carbocycles. The van der Waals surface area contributed by atoms with Crippen LogP contribution in [0, 0.1) is 5.41 Å². The third-order valence-corrected chi connectivity index (χ3v) is 1.77. The summed E-state index contributed by atoms with van der Waals surface area (Å²) in [5.41, 5.74) is 9.73. The van der Waals surface area contributed by atoms with Crippen molar-refractivity contribution in [2.24, 2.45) is 21.9 Å². The Morgan fingerprint density at radius 2 is 1.46 bits per heavy atom. The van der Waals surface area contributed by atoms with E-state index in [1.54, 1.807) is 13.8 Å². The van der Waals surface area contributed by atoms with Crippen molar-refractivity contribution < 1.29 is 4.79 Å². The fraction of sp³-hybridized carbons (Fsp3) is 0.778. The molecule has 0 aliphatic heterocycles. The fourth-order valence-corrected chi connectivity index (χ4v) is 0.524. The van der Waals surface area contributed by atoms with Crippen molar-refractivity contribution in [3.63, 3.8) is 0 Å². The van der Waals surface area contributed by atoms with Gasteiger partial charge >= 0.3 is 0 Å². The molecule has 0 unspecified atom stereocenters. The van der Waals surface area contributed by atoms with Gasteiger partial charge < -0.3 is 11.5 Å². The lowest BCUT2D eigenvalue weighted by Crippen LogP contribution is -2.40. The summed E-state index contributed by atoms with van der Waals surface area (Å²) < 4.78 is 0. The van der Waals surface area contributed by atoms with E-state index in [0.717, 1.165) is 0 Å². The van der Waals surface area contributed by atoms with Gasteiger partial charge in [0, 0.05) is 5.41 Å². The van der Waals surface area contributed by atoms with Crippen LogP contribution in [0.2, 0.25) is 0 Å². The fourth-order valence-electron chi connectivity index (χ4n) is 0.524. The van der Waals surface area contributed by atoms with Crippen molar-refractivity contribution in [3.8, 4) is 0 Å². The number of amidine groups is 1. The molecule has 0 aromatic heterocycles. The Morgan fingerprint density at radius 3 is 1.69 bits per heavy atom. The molecule has 4 N–H and O–H groups in total. The number of nitrogens with two attached hydrogens (primary N) is 2. The number of hydrogen-bond donors (Lipinski definition) is 2. The van der Waals surface area contributed by atoms with E-state index in [2.05, 4.69) is 4.99 Å². The smallest absolute Gasteiger partial charge is 0.244 e. The first kappa shape index (κ1) is 11.9. The van der Waals surface area contributed by atoms with Gasteiger partial charge in [-0.05, 0) is 13.8 Å². The molecular weight excluding hydrogens is 166 g/mol. The number of carbonyl (C=O) groups excluding carboxylic acids is 1. The van der Waals surface area contributed by atoms with E-state index < -0.39 is 11.4 Å². The molecule has 76 valence electrons. The van der Waals surface area contributed by atoms with Crippen molar-refractivity contribution in [3.05, 3.63) is 0 Å². The second kappa shape index (κ2) is 3.36. The topological polar surface area (TPSA) is 81.5 Å². The maximum absolute atomic E-state index is 10.9. The summed E-state index contributed by atoms with van der Waals surface area (Å²) in [5, 5.41) is 0. The van der Waals surface area contributed by atoms with Gasteiger partial charge in [-0.1, -0.05) is 20.8 Å². The zero-order chi connectivity index (χ0) is 10.9. The monoisotopic (exact) mass is 185 g/mol. The number of hydrogen-bond acceptors (Lipinski definition) is 2. The summed E-state index contributed by atoms with van der Waals surface area (Å²) >= 11 is 0. The van der Waals surface area contributed by atoms with Gasteiger partial charge in [-0.3, -0.25) is 9.79 Å². The first-order chi connectivity index (χ1) is 5.57. The van der Waals surface area contributed by atoms with Gasteiger partial charge in [-0.15, -0.1) is 0 Å². The maximum Gasteiger partial charge on any atom is 0.244 e. The summed E-state index contributed by atoms with van der Waals surface area (Å²) in [6, 6.07) is 0. The van der Waals surface area contributed by atoms with Crippen LogP contribution in [0.15, 0.2) is 4.99 Å². The average Bonchev–Trinajstić information content (AvgIpc) is 1.83. The third-order valence-electron chi connectivity index (χ3n) is 1.77. The normalized spacial score (nSPS) is 14.4. The number of primary amides is 1. The molecule has 4 nitrogen and oxygen atoms in total. The van der Waals surface area contributed by atoms with E-state index in [4.69, 9.17) is 11.5 Å². The summed E-state index contributed by atoms with van der Waals surface area (Å²) in [6.07, 6.45) is 0. The largest absolute Gasteiger partial charge is 0.387 e. The van der Waals surface area contributed by atoms with Gasteiger partial charge in [0.1, 0.15) is 11.4 Å². The molecule has 0 aliphatic rings. The lowest BCUT2D eigenvalue weighted by molar-refractivity contribution is -0.121. The van der Waals surface area contributed by atoms with E-state index >= 15 is 0 Å². The first-order valence-electron chi connectivity index (χ1n) is 4.23. The van der Waals surface area contributed by atoms with E-state index in [0.29, 0.717) is 5.84 Å². The highest BCUT2D eigenvalue weighted by Crippen LogP contribution is 2.17. The summed E-state index contributed by atoms with van der Waals surface area (Å²) in [5.74, 6) is -0.0315. The van der Waals surface area contributed by atoms with Gasteiger partial charge in [0.2, 0.25) is 5.91 Å². The lowest BCUT2D eigenvalue weighted by Gasteiger charge is -2.22. The highest BCUT2D eigenvalue weighted by molar-refractivity contribution is 5.91. The molecule has 0 radical (unpaired) electrons. The van der Waals surface area contributed by atoms with Crippen LogP contribution in [0.25, 0.3) is 0 Å². The van der Waals surface area contributed by atoms with Crippen LogP contribution in [-0.4, -0.2) is 17.3 Å². The molecule has 13 heavy (non-hydrogen) atoms. The summed E-state index contributed by atoms with van der Waals surface area (Å²) in [7, 11) is 0. The van der Waals surface area contributed by atoms with E-state index in [-0.39, 0.29) is 5.41 Å². The molecule has 0 heterocycles. The predicted octanol–water partition coefficient (Wildman–Crippen LogP) is 0.654. The van der Waals surface area contributed by atoms with Crippen molar-refractivity contribution in [1.82, 2.24) is 0 Å². The molecule has 0 saturated heterocycles. The number of rotatable bonds is 2. The minimum atomic E-state index is -0.919. The molecule has 0 aliphatic carbocycles. The molecule has 0 saturated carbocycles. The summed E-state index contributed by atoms with van der Waals surface area (Å²) in [4.78, 5) is 15.0. The molecule has 0 fully saturated rings. The lowest BCUT2D eigenvalue weighted by atomic mass is 9.94. The van der Waals surface area contributed by atoms with E-state index in [1.165, 1.54) is 0 Å². The van der Waals surface area contributed by atoms with Gasteiger partial charge in [0.25, 0.3) is 0 Å². The first-order valence-corrected chi connectivity index (χ1v) is 4.23. The highest BCUT2D eigenvalue weighted by Gasteiger charge is 2.26. The van der Waals surface area contributed by atoms with Crippen LogP contribution in [0.3, 0.4) is 0 Å². The third kappa shape index (κ3) is 3.44. The Balaban J connectivity index is 4.86. The highest BCUT2D eigenvalue weighted by atomic mass is 16.1. The van der Waals surface area contributed by atoms with Crippen molar-refractivity contribution in [2.75, 3.05) is 0 Å². The van der Waals surface area contributed by atoms with Crippen LogP contribution in [0.1, 0.15) is 34.6 Å². The SMILES string of the molecule is CC(C)(C)C(N)=NC(C)(C)C(N)=O. The molecule has 0 aromatic rings. The number of amides is 1. The molecular formula is C9H19N3O. The predicted molar refractivity (Wildman–Crippen MR) is 54.4 cm³/mol. The van der Waals surface area contributed by atoms with Gasteiger partial charge in [0.15, 0.2) is 0 Å². The van der Waals surface area contributed by atoms with Crippen molar-refractivity contribution in [1.29, 1.82) is 0 Å². The second-order valence-corrected chi connectivity index (χ2v) is 4.67. The Hall–Kier alpha value is -1.06. The Labute approximate surface area is 79.4 Å². The Kier molecular flexibility index (Phi) is 3.08. The molecule has 4 heteroatoms. The van der Waals surface area contributed by atoms with Gasteiger partial charge in [0.05, 0.1) is 0 Å². The minimum absolute atomic E-state index is 0.229. The molecule has 0 spiro atoms. The maximum atomic E-state index is 10.9. The standard InChI is InChI=1S/C9H19N3O/c1-8(2,3)6(10)12-9(4,5)7(11)13/h1-5H3,(H2,10,12)(H2,11,13). The van der Waals surface area contributed by atoms with E-state index in [1.807, 2.05) is 20.8 Å².